The van der Waals surface area contributed by atoms with E-state index in [2.05, 4.69) is 4.98 Å². The number of pyridine rings is 1. The highest BCUT2D eigenvalue weighted by Gasteiger charge is 2.38. The first-order chi connectivity index (χ1) is 10.9. The summed E-state index contributed by atoms with van der Waals surface area (Å²) in [5, 5.41) is 9.17. The number of benzene rings is 1. The summed E-state index contributed by atoms with van der Waals surface area (Å²) < 4.78 is 0. The van der Waals surface area contributed by atoms with Crippen molar-refractivity contribution in [2.24, 2.45) is 0 Å². The molecular weight excluding hydrogens is 320 g/mol. The predicted octanol–water partition coefficient (Wildman–Crippen LogP) is 2.72. The second kappa shape index (κ2) is 5.48. The third-order valence-electron chi connectivity index (χ3n) is 3.73. The highest BCUT2D eigenvalue weighted by atomic mass is 35.5. The fraction of sp³-hybridized carbons (Fsp3) is 0.125. The van der Waals surface area contributed by atoms with Gasteiger partial charge in [0, 0.05) is 6.20 Å². The van der Waals surface area contributed by atoms with Gasteiger partial charge in [-0.3, -0.25) is 19.4 Å². The second-order valence-corrected chi connectivity index (χ2v) is 5.52. The third-order valence-corrected chi connectivity index (χ3v) is 4.03. The third kappa shape index (κ3) is 2.37. The van der Waals surface area contributed by atoms with E-state index in [0.29, 0.717) is 5.56 Å². The molecule has 0 saturated carbocycles. The lowest BCUT2D eigenvalue weighted by atomic mass is 10.0. The summed E-state index contributed by atoms with van der Waals surface area (Å²) in [5.41, 5.74) is 0.995. The van der Waals surface area contributed by atoms with Crippen LogP contribution in [0.3, 0.4) is 0 Å². The Labute approximate surface area is 136 Å². The van der Waals surface area contributed by atoms with Crippen LogP contribution in [0.25, 0.3) is 0 Å². The number of amides is 2. The SMILES string of the molecule is CC(C(=O)O)c1ccc(N2C(=O)c3cccnc3C2=O)c(Cl)c1. The maximum absolute atomic E-state index is 12.4. The van der Waals surface area contributed by atoms with Crippen molar-refractivity contribution in [1.82, 2.24) is 4.98 Å². The first-order valence-electron chi connectivity index (χ1n) is 6.78. The molecule has 0 saturated heterocycles. The maximum Gasteiger partial charge on any atom is 0.310 e. The first-order valence-corrected chi connectivity index (χ1v) is 7.15. The van der Waals surface area contributed by atoms with Gasteiger partial charge in [-0.05, 0) is 36.8 Å². The Hall–Kier alpha value is -2.73. The van der Waals surface area contributed by atoms with Crippen LogP contribution >= 0.6 is 11.6 Å². The molecule has 0 spiro atoms. The summed E-state index contributed by atoms with van der Waals surface area (Å²) in [6.07, 6.45) is 1.44. The molecule has 0 bridgehead atoms. The van der Waals surface area contributed by atoms with Gasteiger partial charge in [0.1, 0.15) is 5.69 Å². The number of hydrogen-bond acceptors (Lipinski definition) is 4. The van der Waals surface area contributed by atoms with Crippen LogP contribution in [0.15, 0.2) is 36.5 Å². The van der Waals surface area contributed by atoms with Crippen LogP contribution < -0.4 is 4.90 Å². The van der Waals surface area contributed by atoms with E-state index in [0.717, 1.165) is 4.90 Å². The van der Waals surface area contributed by atoms with Crippen molar-refractivity contribution >= 4 is 35.1 Å². The zero-order valence-electron chi connectivity index (χ0n) is 12.0. The number of carboxylic acids is 1. The number of carboxylic acid groups (broad SMARTS) is 1. The molecule has 7 heteroatoms. The number of aliphatic carboxylic acids is 1. The van der Waals surface area contributed by atoms with E-state index in [4.69, 9.17) is 16.7 Å². The fourth-order valence-electron chi connectivity index (χ4n) is 2.40. The molecule has 23 heavy (non-hydrogen) atoms. The molecule has 6 nitrogen and oxygen atoms in total. The van der Waals surface area contributed by atoms with Crippen LogP contribution in [-0.4, -0.2) is 27.9 Å². The first kappa shape index (κ1) is 15.2. The van der Waals surface area contributed by atoms with E-state index >= 15 is 0 Å². The summed E-state index contributed by atoms with van der Waals surface area (Å²) in [5.74, 6) is -2.78. The Morgan fingerprint density at radius 3 is 2.61 bits per heavy atom. The van der Waals surface area contributed by atoms with E-state index < -0.39 is 23.7 Å². The molecule has 2 aromatic rings. The Balaban J connectivity index is 2.03. The van der Waals surface area contributed by atoms with Gasteiger partial charge in [-0.2, -0.15) is 0 Å². The Morgan fingerprint density at radius 2 is 2.00 bits per heavy atom. The Bertz CT molecular complexity index is 815. The molecule has 3 rings (SSSR count). The molecule has 2 amide bonds. The number of aromatic nitrogens is 1. The number of fused-ring (bicyclic) bond motifs is 1. The minimum atomic E-state index is -0.987. The Kier molecular flexibility index (Phi) is 3.61. The minimum Gasteiger partial charge on any atom is -0.481 e. The average molecular weight is 331 g/mol. The molecule has 0 aliphatic carbocycles. The largest absolute Gasteiger partial charge is 0.481 e. The zero-order chi connectivity index (χ0) is 16.7. The highest BCUT2D eigenvalue weighted by Crippen LogP contribution is 2.34. The summed E-state index contributed by atoms with van der Waals surface area (Å²) in [6.45, 7) is 1.53. The molecule has 1 aliphatic rings. The Morgan fingerprint density at radius 1 is 1.26 bits per heavy atom. The number of hydrogen-bond donors (Lipinski definition) is 1. The van der Waals surface area contributed by atoms with Crippen LogP contribution in [0, 0.1) is 0 Å². The van der Waals surface area contributed by atoms with Gasteiger partial charge in [0.05, 0.1) is 22.2 Å². The molecule has 2 heterocycles. The fourth-order valence-corrected chi connectivity index (χ4v) is 2.68. The number of halogens is 1. The highest BCUT2D eigenvalue weighted by molar-refractivity contribution is 6.39. The van der Waals surface area contributed by atoms with Gasteiger partial charge in [0.2, 0.25) is 0 Å². The molecule has 1 aromatic carbocycles. The predicted molar refractivity (Wildman–Crippen MR) is 82.9 cm³/mol. The van der Waals surface area contributed by atoms with Gasteiger partial charge in [-0.25, -0.2) is 4.90 Å². The molecule has 1 aromatic heterocycles. The molecule has 1 unspecified atom stereocenters. The van der Waals surface area contributed by atoms with Crippen LogP contribution in [0.4, 0.5) is 5.69 Å². The van der Waals surface area contributed by atoms with Crippen molar-refractivity contribution in [3.05, 3.63) is 58.4 Å². The summed E-state index contributed by atoms with van der Waals surface area (Å²) >= 11 is 6.17. The van der Waals surface area contributed by atoms with Crippen molar-refractivity contribution in [3.63, 3.8) is 0 Å². The lowest BCUT2D eigenvalue weighted by molar-refractivity contribution is -0.138. The van der Waals surface area contributed by atoms with Gasteiger partial charge in [0.15, 0.2) is 0 Å². The number of carbonyl (C=O) groups excluding carboxylic acids is 2. The van der Waals surface area contributed by atoms with Crippen LogP contribution in [0.5, 0.6) is 0 Å². The standard InChI is InChI=1S/C16H11ClN2O4/c1-8(16(22)23)9-4-5-12(11(17)7-9)19-14(20)10-3-2-6-18-13(10)15(19)21/h2-8H,1H3,(H,22,23). The van der Waals surface area contributed by atoms with Crippen molar-refractivity contribution in [3.8, 4) is 0 Å². The van der Waals surface area contributed by atoms with Gasteiger partial charge >= 0.3 is 5.97 Å². The summed E-state index contributed by atoms with van der Waals surface area (Å²) in [6, 6.07) is 7.56. The minimum absolute atomic E-state index is 0.0801. The molecule has 1 aliphatic heterocycles. The molecule has 1 atom stereocenters. The molecular formula is C16H11ClN2O4. The van der Waals surface area contributed by atoms with Gasteiger partial charge in [-0.1, -0.05) is 17.7 Å². The van der Waals surface area contributed by atoms with Gasteiger partial charge in [0.25, 0.3) is 11.8 Å². The number of imide groups is 1. The molecule has 116 valence electrons. The summed E-state index contributed by atoms with van der Waals surface area (Å²) in [4.78, 5) is 40.7. The van der Waals surface area contributed by atoms with E-state index in [1.54, 1.807) is 6.07 Å². The smallest absolute Gasteiger partial charge is 0.310 e. The number of anilines is 1. The van der Waals surface area contributed by atoms with E-state index in [9.17, 15) is 14.4 Å². The number of carbonyl (C=O) groups is 3. The van der Waals surface area contributed by atoms with Gasteiger partial charge in [-0.15, -0.1) is 0 Å². The van der Waals surface area contributed by atoms with Crippen molar-refractivity contribution in [2.45, 2.75) is 12.8 Å². The van der Waals surface area contributed by atoms with Crippen LogP contribution in [-0.2, 0) is 4.79 Å². The summed E-state index contributed by atoms with van der Waals surface area (Å²) in [7, 11) is 0. The van der Waals surface area contributed by atoms with Crippen molar-refractivity contribution in [1.29, 1.82) is 0 Å². The van der Waals surface area contributed by atoms with Crippen molar-refractivity contribution in [2.75, 3.05) is 4.90 Å². The second-order valence-electron chi connectivity index (χ2n) is 5.12. The molecule has 1 N–H and O–H groups in total. The van der Waals surface area contributed by atoms with Crippen LogP contribution in [0.2, 0.25) is 5.02 Å². The topological polar surface area (TPSA) is 87.6 Å². The number of rotatable bonds is 3. The zero-order valence-corrected chi connectivity index (χ0v) is 12.7. The average Bonchev–Trinajstić information content (AvgIpc) is 2.79. The van der Waals surface area contributed by atoms with Gasteiger partial charge < -0.3 is 5.11 Å². The lowest BCUT2D eigenvalue weighted by Crippen LogP contribution is -2.29. The van der Waals surface area contributed by atoms with Crippen LogP contribution in [0.1, 0.15) is 39.3 Å². The quantitative estimate of drug-likeness (QED) is 0.874. The monoisotopic (exact) mass is 330 g/mol. The van der Waals surface area contributed by atoms with Crippen molar-refractivity contribution < 1.29 is 19.5 Å². The van der Waals surface area contributed by atoms with E-state index in [1.165, 1.54) is 37.4 Å². The maximum atomic E-state index is 12.4. The number of nitrogens with zero attached hydrogens (tertiary/aromatic N) is 2. The molecule has 0 radical (unpaired) electrons. The lowest BCUT2D eigenvalue weighted by Gasteiger charge is -2.17. The van der Waals surface area contributed by atoms with E-state index in [1.807, 2.05) is 0 Å². The molecule has 0 fully saturated rings. The van der Waals surface area contributed by atoms with E-state index in [-0.39, 0.29) is 22.0 Å². The normalized spacial score (nSPS) is 14.8.